The number of benzene rings is 2. The molecule has 1 heterocycles. The van der Waals surface area contributed by atoms with Crippen LogP contribution in [0.15, 0.2) is 53.9 Å². The van der Waals surface area contributed by atoms with Crippen LogP contribution in [0.25, 0.3) is 0 Å². The highest BCUT2D eigenvalue weighted by atomic mass is 32.1. The number of thiazole rings is 1. The largest absolute Gasteiger partial charge is 0.435 e. The van der Waals surface area contributed by atoms with Crippen molar-refractivity contribution in [3.8, 4) is 5.75 Å². The predicted molar refractivity (Wildman–Crippen MR) is 119 cm³/mol. The van der Waals surface area contributed by atoms with Crippen molar-refractivity contribution in [3.05, 3.63) is 70.7 Å². The van der Waals surface area contributed by atoms with Gasteiger partial charge in [-0.15, -0.1) is 11.3 Å². The van der Waals surface area contributed by atoms with Crippen molar-refractivity contribution in [2.24, 2.45) is 0 Å². The van der Waals surface area contributed by atoms with Crippen molar-refractivity contribution in [2.45, 2.75) is 40.0 Å². The summed E-state index contributed by atoms with van der Waals surface area (Å²) >= 11 is 1.44. The van der Waals surface area contributed by atoms with Gasteiger partial charge in [-0.2, -0.15) is 8.78 Å². The molecule has 0 bridgehead atoms. The highest BCUT2D eigenvalue weighted by molar-refractivity contribution is 7.14. The van der Waals surface area contributed by atoms with Crippen LogP contribution in [0.1, 0.15) is 30.7 Å². The number of alkyl halides is 2. The van der Waals surface area contributed by atoms with Crippen molar-refractivity contribution in [3.63, 3.8) is 0 Å². The molecule has 2 aromatic carbocycles. The lowest BCUT2D eigenvalue weighted by Gasteiger charge is -2.21. The van der Waals surface area contributed by atoms with E-state index < -0.39 is 6.61 Å². The number of ether oxygens (including phenoxy) is 1. The second-order valence-corrected chi connectivity index (χ2v) is 7.99. The van der Waals surface area contributed by atoms with E-state index in [4.69, 9.17) is 4.98 Å². The molecule has 3 aromatic rings. The third-order valence-corrected chi connectivity index (χ3v) is 5.57. The first-order valence-electron chi connectivity index (χ1n) is 9.92. The van der Waals surface area contributed by atoms with E-state index in [1.165, 1.54) is 23.5 Å². The number of anilines is 2. The average molecular weight is 446 g/mol. The molecular formula is C23H25F2N3O2S. The maximum atomic E-state index is 12.4. The number of hydrogen-bond donors (Lipinski definition) is 0. The van der Waals surface area contributed by atoms with Crippen molar-refractivity contribution >= 4 is 28.1 Å². The molecule has 0 aliphatic rings. The normalized spacial score (nSPS) is 11.2. The Kier molecular flexibility index (Phi) is 7.70. The van der Waals surface area contributed by atoms with Gasteiger partial charge in [0.2, 0.25) is 5.91 Å². The molecule has 1 aromatic heterocycles. The van der Waals surface area contributed by atoms with E-state index in [-0.39, 0.29) is 11.7 Å². The summed E-state index contributed by atoms with van der Waals surface area (Å²) in [5.41, 5.74) is 3.78. The zero-order chi connectivity index (χ0) is 22.4. The molecule has 0 N–H and O–H groups in total. The first kappa shape index (κ1) is 22.8. The topological polar surface area (TPSA) is 45.7 Å². The summed E-state index contributed by atoms with van der Waals surface area (Å²) in [6, 6.07) is 14.4. The van der Waals surface area contributed by atoms with Gasteiger partial charge in [-0.3, -0.25) is 14.6 Å². The fraction of sp³-hybridized carbons (Fsp3) is 0.304. The van der Waals surface area contributed by atoms with Crippen molar-refractivity contribution < 1.29 is 18.3 Å². The number of rotatable bonds is 9. The van der Waals surface area contributed by atoms with E-state index >= 15 is 0 Å². The van der Waals surface area contributed by atoms with Crippen LogP contribution in [0.5, 0.6) is 5.75 Å². The van der Waals surface area contributed by atoms with Crippen LogP contribution in [0.3, 0.4) is 0 Å². The molecule has 0 unspecified atom stereocenters. The molecule has 0 aliphatic heterocycles. The van der Waals surface area contributed by atoms with Gasteiger partial charge in [-0.1, -0.05) is 37.3 Å². The highest BCUT2D eigenvalue weighted by Gasteiger charge is 2.20. The van der Waals surface area contributed by atoms with Gasteiger partial charge in [-0.05, 0) is 42.8 Å². The maximum absolute atomic E-state index is 12.4. The van der Waals surface area contributed by atoms with Crippen molar-refractivity contribution in [2.75, 3.05) is 11.9 Å². The minimum atomic E-state index is -2.83. The second-order valence-electron chi connectivity index (χ2n) is 7.15. The van der Waals surface area contributed by atoms with E-state index in [0.29, 0.717) is 18.2 Å². The molecule has 0 spiro atoms. The average Bonchev–Trinajstić information content (AvgIpc) is 3.17. The number of amides is 1. The van der Waals surface area contributed by atoms with Crippen LogP contribution < -0.4 is 9.64 Å². The minimum Gasteiger partial charge on any atom is -0.435 e. The molecule has 31 heavy (non-hydrogen) atoms. The minimum absolute atomic E-state index is 0.0822. The fourth-order valence-corrected chi connectivity index (χ4v) is 4.20. The number of carbonyl (C=O) groups excluding carboxylic acids is 1. The van der Waals surface area contributed by atoms with Gasteiger partial charge >= 0.3 is 6.61 Å². The van der Waals surface area contributed by atoms with E-state index in [9.17, 15) is 13.6 Å². The number of halogens is 2. The smallest absolute Gasteiger partial charge is 0.387 e. The predicted octanol–water partition coefficient (Wildman–Crippen LogP) is 5.62. The summed E-state index contributed by atoms with van der Waals surface area (Å²) < 4.78 is 28.9. The molecule has 3 rings (SSSR count). The zero-order valence-electron chi connectivity index (χ0n) is 17.7. The molecule has 0 saturated heterocycles. The first-order chi connectivity index (χ1) is 14.9. The molecule has 0 radical (unpaired) electrons. The molecule has 5 nitrogen and oxygen atoms in total. The summed E-state index contributed by atoms with van der Waals surface area (Å²) in [4.78, 5) is 20.8. The molecular weight excluding hydrogens is 420 g/mol. The standard InChI is InChI=1S/C23H25F2N3O2S/c1-4-18-7-5-6-8-21(18)28(16(2)29)23-26-19(15-31-23)14-27(3)13-17-9-11-20(12-10-17)30-22(24)25/h5-12,15,22H,4,13-14H2,1-3H3. The molecule has 0 saturated carbocycles. The Labute approximate surface area is 184 Å². The maximum Gasteiger partial charge on any atom is 0.387 e. The Balaban J connectivity index is 1.68. The quantitative estimate of drug-likeness (QED) is 0.429. The lowest BCUT2D eigenvalue weighted by Crippen LogP contribution is -2.24. The first-order valence-corrected chi connectivity index (χ1v) is 10.8. The number of aryl methyl sites for hydroxylation is 1. The fourth-order valence-electron chi connectivity index (χ4n) is 3.33. The molecule has 1 amide bonds. The zero-order valence-corrected chi connectivity index (χ0v) is 18.5. The Hall–Kier alpha value is -2.84. The second kappa shape index (κ2) is 10.5. The summed E-state index contributed by atoms with van der Waals surface area (Å²) in [5.74, 6) is 0.0588. The Morgan fingerprint density at radius 1 is 1.13 bits per heavy atom. The molecule has 0 fully saturated rings. The molecule has 164 valence electrons. The molecule has 0 aliphatic carbocycles. The van der Waals surface area contributed by atoms with Crippen LogP contribution in [0.4, 0.5) is 19.6 Å². The van der Waals surface area contributed by atoms with E-state index in [2.05, 4.69) is 16.6 Å². The van der Waals surface area contributed by atoms with Crippen LogP contribution >= 0.6 is 11.3 Å². The van der Waals surface area contributed by atoms with Gasteiger partial charge in [-0.25, -0.2) is 4.98 Å². The Morgan fingerprint density at radius 3 is 2.48 bits per heavy atom. The molecule has 0 atom stereocenters. The van der Waals surface area contributed by atoms with E-state index in [1.54, 1.807) is 24.0 Å². The summed E-state index contributed by atoms with van der Waals surface area (Å²) in [6.07, 6.45) is 0.821. The summed E-state index contributed by atoms with van der Waals surface area (Å²) in [5, 5.41) is 2.60. The summed E-state index contributed by atoms with van der Waals surface area (Å²) in [7, 11) is 1.96. The lowest BCUT2D eigenvalue weighted by molar-refractivity contribution is -0.115. The monoisotopic (exact) mass is 445 g/mol. The number of nitrogens with zero attached hydrogens (tertiary/aromatic N) is 3. The van der Waals surface area contributed by atoms with Gasteiger partial charge in [0, 0.05) is 25.4 Å². The number of aromatic nitrogens is 1. The van der Waals surface area contributed by atoms with Crippen LogP contribution in [0, 0.1) is 0 Å². The Morgan fingerprint density at radius 2 is 1.84 bits per heavy atom. The number of hydrogen-bond acceptors (Lipinski definition) is 5. The lowest BCUT2D eigenvalue weighted by atomic mass is 10.1. The summed E-state index contributed by atoms with van der Waals surface area (Å²) in [6.45, 7) is 1.99. The number of para-hydroxylation sites is 1. The van der Waals surface area contributed by atoms with Crippen LogP contribution in [-0.2, 0) is 24.3 Å². The van der Waals surface area contributed by atoms with E-state index in [0.717, 1.165) is 28.9 Å². The number of carbonyl (C=O) groups is 1. The van der Waals surface area contributed by atoms with Crippen molar-refractivity contribution in [1.82, 2.24) is 9.88 Å². The highest BCUT2D eigenvalue weighted by Crippen LogP contribution is 2.32. The molecule has 8 heteroatoms. The van der Waals surface area contributed by atoms with Crippen LogP contribution in [0.2, 0.25) is 0 Å². The van der Waals surface area contributed by atoms with Gasteiger partial charge in [0.15, 0.2) is 5.13 Å². The third kappa shape index (κ3) is 6.08. The third-order valence-electron chi connectivity index (χ3n) is 4.69. The van der Waals surface area contributed by atoms with Gasteiger partial charge < -0.3 is 4.74 Å². The van der Waals surface area contributed by atoms with Crippen LogP contribution in [-0.4, -0.2) is 29.5 Å². The van der Waals surface area contributed by atoms with Crippen molar-refractivity contribution in [1.29, 1.82) is 0 Å². The van der Waals surface area contributed by atoms with Gasteiger partial charge in [0.05, 0.1) is 11.4 Å². The van der Waals surface area contributed by atoms with Gasteiger partial charge in [0.1, 0.15) is 5.75 Å². The van der Waals surface area contributed by atoms with Gasteiger partial charge in [0.25, 0.3) is 0 Å². The SMILES string of the molecule is CCc1ccccc1N(C(C)=O)c1nc(CN(C)Cc2ccc(OC(F)F)cc2)cs1. The van der Waals surface area contributed by atoms with E-state index in [1.807, 2.05) is 36.7 Å². The Bertz CT molecular complexity index is 1010.